The monoisotopic (exact) mass is 351 g/mol. The van der Waals surface area contributed by atoms with Gasteiger partial charge in [-0.05, 0) is 49.2 Å². The second-order valence-corrected chi connectivity index (χ2v) is 5.32. The van der Waals surface area contributed by atoms with E-state index in [9.17, 15) is 10.1 Å². The average Bonchev–Trinajstić information content (AvgIpc) is 2.44. The van der Waals surface area contributed by atoms with Crippen LogP contribution in [0.4, 0.5) is 11.4 Å². The Balaban J connectivity index is 2.47. The maximum atomic E-state index is 11.2. The summed E-state index contributed by atoms with van der Waals surface area (Å²) < 4.78 is 6.66. The van der Waals surface area contributed by atoms with Gasteiger partial charge in [0, 0.05) is 4.47 Å². The molecule has 0 radical (unpaired) electrons. The van der Waals surface area contributed by atoms with Gasteiger partial charge in [0.2, 0.25) is 5.75 Å². The number of hydrazine groups is 1. The molecule has 0 unspecified atom stereocenters. The van der Waals surface area contributed by atoms with Crippen LogP contribution in [0.2, 0.25) is 0 Å². The molecular formula is C14H14BrN3O3. The number of nitro benzene ring substituents is 1. The van der Waals surface area contributed by atoms with Crippen LogP contribution >= 0.6 is 15.9 Å². The van der Waals surface area contributed by atoms with Crippen molar-refractivity contribution in [1.82, 2.24) is 0 Å². The standard InChI is InChI=1S/C14H14BrN3O3/c1-8-6-10(7-9(2)13(8)15)21-12-5-3-4-11(17-16)14(12)18(19)20/h3-7,17H,16H2,1-2H3. The molecule has 0 aromatic heterocycles. The van der Waals surface area contributed by atoms with Gasteiger partial charge in [0.1, 0.15) is 11.4 Å². The van der Waals surface area contributed by atoms with Gasteiger partial charge in [-0.2, -0.15) is 0 Å². The van der Waals surface area contributed by atoms with E-state index in [1.165, 1.54) is 12.1 Å². The van der Waals surface area contributed by atoms with Crippen molar-refractivity contribution in [2.45, 2.75) is 13.8 Å². The zero-order valence-electron chi connectivity index (χ0n) is 11.5. The minimum Gasteiger partial charge on any atom is -0.450 e. The number of ether oxygens (including phenoxy) is 1. The molecule has 0 atom stereocenters. The lowest BCUT2D eigenvalue weighted by Crippen LogP contribution is -2.09. The highest BCUT2D eigenvalue weighted by Crippen LogP contribution is 2.38. The minimum absolute atomic E-state index is 0.136. The number of rotatable bonds is 4. The van der Waals surface area contributed by atoms with Crippen LogP contribution in [0.15, 0.2) is 34.8 Å². The summed E-state index contributed by atoms with van der Waals surface area (Å²) in [7, 11) is 0. The molecule has 6 nitrogen and oxygen atoms in total. The van der Waals surface area contributed by atoms with E-state index in [0.29, 0.717) is 5.75 Å². The molecule has 0 amide bonds. The summed E-state index contributed by atoms with van der Waals surface area (Å²) in [6.07, 6.45) is 0. The van der Waals surface area contributed by atoms with Gasteiger partial charge in [0.05, 0.1) is 4.92 Å². The smallest absolute Gasteiger partial charge is 0.335 e. The van der Waals surface area contributed by atoms with Crippen LogP contribution < -0.4 is 16.0 Å². The molecule has 7 heteroatoms. The third-order valence-corrected chi connectivity index (χ3v) is 4.23. The van der Waals surface area contributed by atoms with Crippen LogP contribution in [0.5, 0.6) is 11.5 Å². The maximum absolute atomic E-state index is 11.2. The number of hydrogen-bond acceptors (Lipinski definition) is 5. The van der Waals surface area contributed by atoms with Crippen LogP contribution in [0.3, 0.4) is 0 Å². The molecule has 110 valence electrons. The number of aryl methyl sites for hydroxylation is 2. The SMILES string of the molecule is Cc1cc(Oc2cccc(NN)c2[N+](=O)[O-])cc(C)c1Br. The Morgan fingerprint density at radius 2 is 1.90 bits per heavy atom. The molecule has 21 heavy (non-hydrogen) atoms. The lowest BCUT2D eigenvalue weighted by atomic mass is 10.1. The Morgan fingerprint density at radius 3 is 2.43 bits per heavy atom. The fourth-order valence-corrected chi connectivity index (χ4v) is 2.23. The van der Waals surface area contributed by atoms with Gasteiger partial charge in [-0.15, -0.1) is 0 Å². The molecule has 3 N–H and O–H groups in total. The Morgan fingerprint density at radius 1 is 1.29 bits per heavy atom. The Labute approximate surface area is 130 Å². The lowest BCUT2D eigenvalue weighted by Gasteiger charge is -2.11. The van der Waals surface area contributed by atoms with Gasteiger partial charge in [0.15, 0.2) is 0 Å². The number of nitrogens with zero attached hydrogens (tertiary/aromatic N) is 1. The van der Waals surface area contributed by atoms with E-state index >= 15 is 0 Å². The minimum atomic E-state index is -0.525. The Kier molecular flexibility index (Phi) is 4.44. The molecule has 2 aromatic carbocycles. The van der Waals surface area contributed by atoms with Crippen molar-refractivity contribution in [3.8, 4) is 11.5 Å². The zero-order chi connectivity index (χ0) is 15.6. The zero-order valence-corrected chi connectivity index (χ0v) is 13.1. The number of para-hydroxylation sites is 1. The summed E-state index contributed by atoms with van der Waals surface area (Å²) in [5.74, 6) is 5.97. The van der Waals surface area contributed by atoms with E-state index in [-0.39, 0.29) is 17.1 Å². The van der Waals surface area contributed by atoms with Crippen molar-refractivity contribution in [3.63, 3.8) is 0 Å². The molecule has 0 heterocycles. The molecule has 0 aliphatic heterocycles. The average molecular weight is 352 g/mol. The molecule has 0 aliphatic rings. The van der Waals surface area contributed by atoms with Crippen LogP contribution in [0.25, 0.3) is 0 Å². The number of benzene rings is 2. The molecule has 0 fully saturated rings. The van der Waals surface area contributed by atoms with E-state index in [1.54, 1.807) is 6.07 Å². The Hall–Kier alpha value is -2.12. The third kappa shape index (κ3) is 3.14. The number of nitrogens with two attached hydrogens (primary N) is 1. The maximum Gasteiger partial charge on any atom is 0.335 e. The van der Waals surface area contributed by atoms with E-state index in [4.69, 9.17) is 10.6 Å². The van der Waals surface area contributed by atoms with E-state index in [0.717, 1.165) is 15.6 Å². The summed E-state index contributed by atoms with van der Waals surface area (Å²) in [6.45, 7) is 3.85. The number of nitro groups is 1. The van der Waals surface area contributed by atoms with Crippen molar-refractivity contribution < 1.29 is 9.66 Å². The number of nitrogens with one attached hydrogen (secondary N) is 1. The summed E-state index contributed by atoms with van der Waals surface area (Å²) >= 11 is 3.47. The highest BCUT2D eigenvalue weighted by molar-refractivity contribution is 9.10. The van der Waals surface area contributed by atoms with Gasteiger partial charge in [-0.25, -0.2) is 0 Å². The first-order chi connectivity index (χ1) is 9.93. The third-order valence-electron chi connectivity index (χ3n) is 2.97. The molecule has 0 bridgehead atoms. The number of halogens is 1. The second-order valence-electron chi connectivity index (χ2n) is 4.53. The van der Waals surface area contributed by atoms with Crippen molar-refractivity contribution >= 4 is 27.3 Å². The topological polar surface area (TPSA) is 90.4 Å². The number of hydrogen-bond donors (Lipinski definition) is 2. The van der Waals surface area contributed by atoms with E-state index in [2.05, 4.69) is 21.4 Å². The fourth-order valence-electron chi connectivity index (χ4n) is 2.00. The highest BCUT2D eigenvalue weighted by Gasteiger charge is 2.21. The summed E-state index contributed by atoms with van der Waals surface area (Å²) in [5.41, 5.74) is 4.28. The quantitative estimate of drug-likeness (QED) is 0.492. The predicted octanol–water partition coefficient (Wildman–Crippen LogP) is 4.05. The molecule has 2 aromatic rings. The van der Waals surface area contributed by atoms with Gasteiger partial charge in [-0.1, -0.05) is 22.0 Å². The van der Waals surface area contributed by atoms with Gasteiger partial charge < -0.3 is 10.2 Å². The largest absolute Gasteiger partial charge is 0.450 e. The van der Waals surface area contributed by atoms with Crippen LogP contribution in [-0.4, -0.2) is 4.92 Å². The van der Waals surface area contributed by atoms with Crippen LogP contribution in [0.1, 0.15) is 11.1 Å². The molecule has 0 saturated heterocycles. The summed E-state index contributed by atoms with van der Waals surface area (Å²) in [4.78, 5) is 10.7. The summed E-state index contributed by atoms with van der Waals surface area (Å²) in [6, 6.07) is 8.30. The molecule has 0 saturated carbocycles. The summed E-state index contributed by atoms with van der Waals surface area (Å²) in [5, 5.41) is 11.2. The first-order valence-corrected chi connectivity index (χ1v) is 6.92. The van der Waals surface area contributed by atoms with Crippen molar-refractivity contribution in [2.75, 3.05) is 5.43 Å². The molecular weight excluding hydrogens is 338 g/mol. The highest BCUT2D eigenvalue weighted by atomic mass is 79.9. The van der Waals surface area contributed by atoms with Gasteiger partial charge in [0.25, 0.3) is 0 Å². The van der Waals surface area contributed by atoms with Crippen molar-refractivity contribution in [3.05, 3.63) is 56.0 Å². The van der Waals surface area contributed by atoms with Gasteiger partial charge >= 0.3 is 5.69 Å². The molecule has 0 spiro atoms. The number of anilines is 1. The predicted molar refractivity (Wildman–Crippen MR) is 84.6 cm³/mol. The molecule has 0 aliphatic carbocycles. The first kappa shape index (κ1) is 15.3. The normalized spacial score (nSPS) is 10.3. The van der Waals surface area contributed by atoms with Crippen molar-refractivity contribution in [2.24, 2.45) is 5.84 Å². The fraction of sp³-hybridized carbons (Fsp3) is 0.143. The van der Waals surface area contributed by atoms with Crippen molar-refractivity contribution in [1.29, 1.82) is 0 Å². The van der Waals surface area contributed by atoms with E-state index < -0.39 is 4.92 Å². The Bertz CT molecular complexity index is 681. The first-order valence-electron chi connectivity index (χ1n) is 6.12. The van der Waals surface area contributed by atoms with E-state index in [1.807, 2.05) is 26.0 Å². The van der Waals surface area contributed by atoms with Gasteiger partial charge in [-0.3, -0.25) is 16.0 Å². The molecule has 2 rings (SSSR count). The second kappa shape index (κ2) is 6.11. The number of nitrogen functional groups attached to an aromatic ring is 1. The lowest BCUT2D eigenvalue weighted by molar-refractivity contribution is -0.384. The van der Waals surface area contributed by atoms with Crippen LogP contribution in [-0.2, 0) is 0 Å². The van der Waals surface area contributed by atoms with Crippen LogP contribution in [0, 0.1) is 24.0 Å².